The van der Waals surface area contributed by atoms with Gasteiger partial charge in [0.05, 0.1) is 0 Å². The van der Waals surface area contributed by atoms with Crippen LogP contribution in [-0.4, -0.2) is 41.1 Å². The number of hydrogen-bond acceptors (Lipinski definition) is 4. The maximum absolute atomic E-state index is 13.0. The summed E-state index contributed by atoms with van der Waals surface area (Å²) < 4.78 is 18.8. The van der Waals surface area contributed by atoms with Crippen molar-refractivity contribution >= 4 is 12.4 Å². The molecule has 3 rings (SSSR count). The summed E-state index contributed by atoms with van der Waals surface area (Å²) in [4.78, 5) is 11.3. The molecule has 2 aromatic rings. The van der Waals surface area contributed by atoms with Crippen LogP contribution in [0.3, 0.4) is 0 Å². The molecule has 4 nitrogen and oxygen atoms in total. The fourth-order valence-corrected chi connectivity index (χ4v) is 2.80. The van der Waals surface area contributed by atoms with Gasteiger partial charge < -0.3 is 4.74 Å². The molecular weight excluding hydrogens is 329 g/mol. The van der Waals surface area contributed by atoms with E-state index in [1.807, 2.05) is 13.0 Å². The zero-order valence-corrected chi connectivity index (χ0v) is 14.7. The minimum absolute atomic E-state index is 0. The quantitative estimate of drug-likeness (QED) is 0.819. The van der Waals surface area contributed by atoms with E-state index in [1.165, 1.54) is 31.4 Å². The maximum atomic E-state index is 13.0. The lowest BCUT2D eigenvalue weighted by atomic mass is 10.1. The van der Waals surface area contributed by atoms with Crippen LogP contribution in [0.25, 0.3) is 11.4 Å². The van der Waals surface area contributed by atoms with E-state index in [0.717, 1.165) is 30.9 Å². The van der Waals surface area contributed by atoms with Crippen molar-refractivity contribution in [1.82, 2.24) is 14.9 Å². The van der Waals surface area contributed by atoms with Crippen LogP contribution in [-0.2, 0) is 0 Å². The van der Waals surface area contributed by atoms with Gasteiger partial charge >= 0.3 is 0 Å². The van der Waals surface area contributed by atoms with E-state index >= 15 is 0 Å². The first-order valence-electron chi connectivity index (χ1n) is 8.17. The third kappa shape index (κ3) is 5.14. The molecule has 0 bridgehead atoms. The van der Waals surface area contributed by atoms with Crippen molar-refractivity contribution in [2.45, 2.75) is 26.2 Å². The Kier molecular flexibility index (Phi) is 6.94. The Morgan fingerprint density at radius 2 is 1.79 bits per heavy atom. The molecule has 1 aliphatic rings. The van der Waals surface area contributed by atoms with Gasteiger partial charge in [0.25, 0.3) is 0 Å². The Morgan fingerprint density at radius 1 is 1.08 bits per heavy atom. The number of hydrogen-bond donors (Lipinski definition) is 0. The normalized spacial score (nSPS) is 14.9. The third-order valence-corrected chi connectivity index (χ3v) is 4.04. The number of halogens is 2. The molecule has 1 fully saturated rings. The molecule has 6 heteroatoms. The summed E-state index contributed by atoms with van der Waals surface area (Å²) in [7, 11) is 0. The van der Waals surface area contributed by atoms with Crippen molar-refractivity contribution in [2.24, 2.45) is 0 Å². The van der Waals surface area contributed by atoms with Gasteiger partial charge in [-0.05, 0) is 57.1 Å². The van der Waals surface area contributed by atoms with Gasteiger partial charge in [0.15, 0.2) is 5.82 Å². The van der Waals surface area contributed by atoms with E-state index in [4.69, 9.17) is 4.74 Å². The Labute approximate surface area is 148 Å². The minimum atomic E-state index is -0.264. The molecule has 0 radical (unpaired) electrons. The number of rotatable bonds is 5. The standard InChI is InChI=1S/C18H22FN3O.ClH/c1-14-13-17(23-12-11-22-9-3-2-4-10-22)21-18(20-14)15-5-7-16(19)8-6-15;/h5-8,13H,2-4,9-12H2,1H3;1H. The predicted octanol–water partition coefficient (Wildman–Crippen LogP) is 3.88. The summed E-state index contributed by atoms with van der Waals surface area (Å²) in [6.07, 6.45) is 3.89. The zero-order valence-electron chi connectivity index (χ0n) is 13.9. The van der Waals surface area contributed by atoms with Gasteiger partial charge in [-0.25, -0.2) is 9.37 Å². The van der Waals surface area contributed by atoms with Crippen LogP contribution >= 0.6 is 12.4 Å². The van der Waals surface area contributed by atoms with E-state index in [9.17, 15) is 4.39 Å². The average Bonchev–Trinajstić information content (AvgIpc) is 2.56. The van der Waals surface area contributed by atoms with Crippen LogP contribution in [0.15, 0.2) is 30.3 Å². The second-order valence-corrected chi connectivity index (χ2v) is 5.93. The lowest BCUT2D eigenvalue weighted by Gasteiger charge is -2.26. The summed E-state index contributed by atoms with van der Waals surface area (Å²) in [5, 5.41) is 0. The number of likely N-dealkylation sites (tertiary alicyclic amines) is 1. The number of aryl methyl sites for hydroxylation is 1. The molecule has 0 saturated carbocycles. The Morgan fingerprint density at radius 3 is 2.50 bits per heavy atom. The Bertz CT molecular complexity index is 645. The van der Waals surface area contributed by atoms with Gasteiger partial charge in [-0.15, -0.1) is 12.4 Å². The van der Waals surface area contributed by atoms with Crippen LogP contribution in [0, 0.1) is 12.7 Å². The highest BCUT2D eigenvalue weighted by Crippen LogP contribution is 2.19. The van der Waals surface area contributed by atoms with Crippen LogP contribution in [0.1, 0.15) is 25.0 Å². The van der Waals surface area contributed by atoms with E-state index in [1.54, 1.807) is 12.1 Å². The molecule has 0 N–H and O–H groups in total. The molecule has 1 saturated heterocycles. The van der Waals surface area contributed by atoms with Gasteiger partial charge in [0, 0.05) is 23.9 Å². The highest BCUT2D eigenvalue weighted by Gasteiger charge is 2.10. The van der Waals surface area contributed by atoms with E-state index in [2.05, 4.69) is 14.9 Å². The Balaban J connectivity index is 0.00000208. The van der Waals surface area contributed by atoms with Crippen molar-refractivity contribution in [1.29, 1.82) is 0 Å². The molecule has 1 aliphatic heterocycles. The topological polar surface area (TPSA) is 38.2 Å². The summed E-state index contributed by atoms with van der Waals surface area (Å²) in [6.45, 7) is 5.78. The molecule has 1 aromatic carbocycles. The van der Waals surface area contributed by atoms with E-state index < -0.39 is 0 Å². The molecule has 130 valence electrons. The molecule has 0 amide bonds. The van der Waals surface area contributed by atoms with Gasteiger partial charge in [-0.3, -0.25) is 4.90 Å². The van der Waals surface area contributed by atoms with Gasteiger partial charge in [-0.2, -0.15) is 4.98 Å². The highest BCUT2D eigenvalue weighted by molar-refractivity contribution is 5.85. The number of aromatic nitrogens is 2. The molecule has 0 spiro atoms. The predicted molar refractivity (Wildman–Crippen MR) is 95.2 cm³/mol. The van der Waals surface area contributed by atoms with E-state index in [-0.39, 0.29) is 18.2 Å². The summed E-state index contributed by atoms with van der Waals surface area (Å²) in [6, 6.07) is 8.03. The molecule has 1 aromatic heterocycles. The van der Waals surface area contributed by atoms with Gasteiger partial charge in [-0.1, -0.05) is 6.42 Å². The first kappa shape index (κ1) is 18.6. The molecular formula is C18H23ClFN3O. The fourth-order valence-electron chi connectivity index (χ4n) is 2.80. The SMILES string of the molecule is Cc1cc(OCCN2CCCCC2)nc(-c2ccc(F)cc2)n1.Cl. The number of nitrogens with zero attached hydrogens (tertiary/aromatic N) is 3. The highest BCUT2D eigenvalue weighted by atomic mass is 35.5. The second-order valence-electron chi connectivity index (χ2n) is 5.93. The van der Waals surface area contributed by atoms with Crippen molar-refractivity contribution in [2.75, 3.05) is 26.2 Å². The zero-order chi connectivity index (χ0) is 16.1. The lowest BCUT2D eigenvalue weighted by molar-refractivity contribution is 0.180. The summed E-state index contributed by atoms with van der Waals surface area (Å²) >= 11 is 0. The second kappa shape index (κ2) is 8.94. The van der Waals surface area contributed by atoms with Crippen LogP contribution in [0.2, 0.25) is 0 Å². The molecule has 24 heavy (non-hydrogen) atoms. The largest absolute Gasteiger partial charge is 0.476 e. The lowest BCUT2D eigenvalue weighted by Crippen LogP contribution is -2.33. The first-order valence-corrected chi connectivity index (χ1v) is 8.17. The molecule has 2 heterocycles. The number of ether oxygens (including phenoxy) is 1. The van der Waals surface area contributed by atoms with Gasteiger partial charge in [0.2, 0.25) is 5.88 Å². The maximum Gasteiger partial charge on any atom is 0.217 e. The molecule has 0 unspecified atom stereocenters. The molecule has 0 atom stereocenters. The number of piperidine rings is 1. The van der Waals surface area contributed by atoms with E-state index in [0.29, 0.717) is 18.3 Å². The number of benzene rings is 1. The fraction of sp³-hybridized carbons (Fsp3) is 0.444. The van der Waals surface area contributed by atoms with Crippen molar-refractivity contribution in [3.05, 3.63) is 41.8 Å². The van der Waals surface area contributed by atoms with Crippen molar-refractivity contribution in [3.63, 3.8) is 0 Å². The van der Waals surface area contributed by atoms with Crippen LogP contribution < -0.4 is 4.74 Å². The molecule has 0 aliphatic carbocycles. The van der Waals surface area contributed by atoms with Crippen LogP contribution in [0.4, 0.5) is 4.39 Å². The third-order valence-electron chi connectivity index (χ3n) is 4.04. The van der Waals surface area contributed by atoms with Gasteiger partial charge in [0.1, 0.15) is 12.4 Å². The average molecular weight is 352 g/mol. The van der Waals surface area contributed by atoms with Crippen molar-refractivity contribution < 1.29 is 9.13 Å². The first-order chi connectivity index (χ1) is 11.2. The monoisotopic (exact) mass is 351 g/mol. The summed E-state index contributed by atoms with van der Waals surface area (Å²) in [5.41, 5.74) is 1.63. The summed E-state index contributed by atoms with van der Waals surface area (Å²) in [5.74, 6) is 0.881. The smallest absolute Gasteiger partial charge is 0.217 e. The Hall–Kier alpha value is -1.72. The minimum Gasteiger partial charge on any atom is -0.476 e. The van der Waals surface area contributed by atoms with Crippen LogP contribution in [0.5, 0.6) is 5.88 Å². The van der Waals surface area contributed by atoms with Crippen molar-refractivity contribution in [3.8, 4) is 17.3 Å².